The standard InChI is InChI=1S/C19H24F3N5O/c1-3-26-7-6-23-17(26)18(28)24-13-14-12-15(19(20,21)22)4-5-16(14)27-10-8-25(2)9-11-27/h4-7,12H,3,8-11,13H2,1-2H3,(H,24,28). The number of nitrogens with one attached hydrogen (secondary N) is 1. The predicted octanol–water partition coefficient (Wildman–Crippen LogP) is 2.60. The van der Waals surface area contributed by atoms with Crippen LogP contribution < -0.4 is 10.2 Å². The average Bonchev–Trinajstić information content (AvgIpc) is 3.15. The molecular weight excluding hydrogens is 371 g/mol. The smallest absolute Gasteiger partial charge is 0.369 e. The van der Waals surface area contributed by atoms with Crippen LogP contribution in [-0.2, 0) is 19.3 Å². The van der Waals surface area contributed by atoms with Crippen LogP contribution in [0.15, 0.2) is 30.6 Å². The van der Waals surface area contributed by atoms with Gasteiger partial charge in [-0.25, -0.2) is 4.98 Å². The number of imidazole rings is 1. The number of likely N-dealkylation sites (N-methyl/N-ethyl adjacent to an activating group) is 1. The molecule has 152 valence electrons. The van der Waals surface area contributed by atoms with Gasteiger partial charge in [0.05, 0.1) is 5.56 Å². The van der Waals surface area contributed by atoms with Crippen molar-refractivity contribution in [3.05, 3.63) is 47.5 Å². The molecule has 3 rings (SSSR count). The summed E-state index contributed by atoms with van der Waals surface area (Å²) in [4.78, 5) is 20.7. The molecular formula is C19H24F3N5O. The largest absolute Gasteiger partial charge is 0.416 e. The van der Waals surface area contributed by atoms with Gasteiger partial charge in [-0.05, 0) is 37.7 Å². The van der Waals surface area contributed by atoms with Crippen molar-refractivity contribution in [3.8, 4) is 0 Å². The highest BCUT2D eigenvalue weighted by atomic mass is 19.4. The molecule has 1 amide bonds. The zero-order valence-electron chi connectivity index (χ0n) is 16.0. The van der Waals surface area contributed by atoms with E-state index < -0.39 is 17.6 Å². The molecule has 1 fully saturated rings. The summed E-state index contributed by atoms with van der Waals surface area (Å²) in [5.41, 5.74) is 0.451. The van der Waals surface area contributed by atoms with E-state index in [1.165, 1.54) is 12.3 Å². The van der Waals surface area contributed by atoms with Crippen molar-refractivity contribution < 1.29 is 18.0 Å². The predicted molar refractivity (Wildman–Crippen MR) is 100 cm³/mol. The molecule has 1 aromatic heterocycles. The summed E-state index contributed by atoms with van der Waals surface area (Å²) in [6, 6.07) is 3.73. The maximum absolute atomic E-state index is 13.2. The van der Waals surface area contributed by atoms with Gasteiger partial charge in [0.1, 0.15) is 0 Å². The number of anilines is 1. The second-order valence-corrected chi connectivity index (χ2v) is 6.85. The van der Waals surface area contributed by atoms with Crippen LogP contribution in [0.3, 0.4) is 0 Å². The second kappa shape index (κ2) is 8.22. The Bertz CT molecular complexity index is 825. The van der Waals surface area contributed by atoms with Gasteiger partial charge in [-0.2, -0.15) is 13.2 Å². The third-order valence-electron chi connectivity index (χ3n) is 4.95. The Morgan fingerprint density at radius 3 is 2.57 bits per heavy atom. The van der Waals surface area contributed by atoms with Gasteiger partial charge in [-0.1, -0.05) is 0 Å². The van der Waals surface area contributed by atoms with Crippen molar-refractivity contribution in [3.63, 3.8) is 0 Å². The van der Waals surface area contributed by atoms with E-state index in [1.54, 1.807) is 10.8 Å². The number of carbonyl (C=O) groups is 1. The molecule has 0 aliphatic carbocycles. The number of aryl methyl sites for hydroxylation is 1. The molecule has 1 N–H and O–H groups in total. The minimum Gasteiger partial charge on any atom is -0.369 e. The Balaban J connectivity index is 1.83. The second-order valence-electron chi connectivity index (χ2n) is 6.85. The molecule has 2 heterocycles. The van der Waals surface area contributed by atoms with E-state index in [9.17, 15) is 18.0 Å². The van der Waals surface area contributed by atoms with Crippen molar-refractivity contribution in [1.82, 2.24) is 19.8 Å². The first-order valence-electron chi connectivity index (χ1n) is 9.22. The van der Waals surface area contributed by atoms with Crippen LogP contribution in [0, 0.1) is 0 Å². The van der Waals surface area contributed by atoms with E-state index in [-0.39, 0.29) is 12.4 Å². The number of alkyl halides is 3. The lowest BCUT2D eigenvalue weighted by Gasteiger charge is -2.35. The van der Waals surface area contributed by atoms with Crippen molar-refractivity contribution >= 4 is 11.6 Å². The van der Waals surface area contributed by atoms with Gasteiger partial charge in [0.2, 0.25) is 0 Å². The van der Waals surface area contributed by atoms with Crippen molar-refractivity contribution in [2.24, 2.45) is 0 Å². The van der Waals surface area contributed by atoms with E-state index in [0.29, 0.717) is 12.1 Å². The van der Waals surface area contributed by atoms with Crippen molar-refractivity contribution in [1.29, 1.82) is 0 Å². The zero-order valence-corrected chi connectivity index (χ0v) is 16.0. The molecule has 0 unspecified atom stereocenters. The Hall–Kier alpha value is -2.55. The summed E-state index contributed by atoms with van der Waals surface area (Å²) in [5, 5.41) is 2.72. The number of hydrogen-bond acceptors (Lipinski definition) is 4. The molecule has 1 saturated heterocycles. The molecule has 0 atom stereocenters. The lowest BCUT2D eigenvalue weighted by atomic mass is 10.1. The molecule has 6 nitrogen and oxygen atoms in total. The van der Waals surface area contributed by atoms with Crippen LogP contribution >= 0.6 is 0 Å². The van der Waals surface area contributed by atoms with Gasteiger partial charge < -0.3 is 19.7 Å². The molecule has 0 saturated carbocycles. The van der Waals surface area contributed by atoms with E-state index in [4.69, 9.17) is 0 Å². The number of rotatable bonds is 5. The molecule has 2 aromatic rings. The van der Waals surface area contributed by atoms with Crippen LogP contribution in [0.1, 0.15) is 28.7 Å². The first-order chi connectivity index (χ1) is 13.3. The Kier molecular flexibility index (Phi) is 5.93. The highest BCUT2D eigenvalue weighted by Gasteiger charge is 2.31. The minimum absolute atomic E-state index is 0.000992. The van der Waals surface area contributed by atoms with E-state index >= 15 is 0 Å². The lowest BCUT2D eigenvalue weighted by molar-refractivity contribution is -0.137. The first-order valence-corrected chi connectivity index (χ1v) is 9.22. The summed E-state index contributed by atoms with van der Waals surface area (Å²) in [6.07, 6.45) is -1.22. The highest BCUT2D eigenvalue weighted by Crippen LogP contribution is 2.33. The number of amides is 1. The summed E-state index contributed by atoms with van der Waals surface area (Å²) in [6.45, 7) is 5.59. The number of benzene rings is 1. The Morgan fingerprint density at radius 1 is 1.21 bits per heavy atom. The van der Waals surface area contributed by atoms with Crippen LogP contribution in [0.25, 0.3) is 0 Å². The van der Waals surface area contributed by atoms with Gasteiger partial charge in [-0.15, -0.1) is 0 Å². The monoisotopic (exact) mass is 395 g/mol. The van der Waals surface area contributed by atoms with Crippen LogP contribution in [0.2, 0.25) is 0 Å². The molecule has 1 aliphatic heterocycles. The first kappa shape index (κ1) is 20.2. The number of nitrogens with zero attached hydrogens (tertiary/aromatic N) is 4. The molecule has 0 spiro atoms. The van der Waals surface area contributed by atoms with Gasteiger partial charge in [0, 0.05) is 57.3 Å². The molecule has 9 heteroatoms. The van der Waals surface area contributed by atoms with Gasteiger partial charge in [0.15, 0.2) is 5.82 Å². The maximum Gasteiger partial charge on any atom is 0.416 e. The molecule has 0 bridgehead atoms. The van der Waals surface area contributed by atoms with Gasteiger partial charge in [-0.3, -0.25) is 4.79 Å². The summed E-state index contributed by atoms with van der Waals surface area (Å²) < 4.78 is 41.3. The Labute approximate surface area is 161 Å². The summed E-state index contributed by atoms with van der Waals surface area (Å²) >= 11 is 0. The fourth-order valence-corrected chi connectivity index (χ4v) is 3.29. The fourth-order valence-electron chi connectivity index (χ4n) is 3.29. The number of hydrogen-bond donors (Lipinski definition) is 1. The van der Waals surface area contributed by atoms with Crippen molar-refractivity contribution in [2.45, 2.75) is 26.2 Å². The summed E-state index contributed by atoms with van der Waals surface area (Å²) in [5.74, 6) is -0.163. The van der Waals surface area contributed by atoms with Crippen LogP contribution in [0.4, 0.5) is 18.9 Å². The van der Waals surface area contributed by atoms with Gasteiger partial charge in [0.25, 0.3) is 5.91 Å². The van der Waals surface area contributed by atoms with E-state index in [2.05, 4.69) is 20.1 Å². The normalized spacial score (nSPS) is 15.7. The van der Waals surface area contributed by atoms with E-state index in [1.807, 2.05) is 14.0 Å². The highest BCUT2D eigenvalue weighted by molar-refractivity contribution is 5.90. The quantitative estimate of drug-likeness (QED) is 0.846. The molecule has 0 radical (unpaired) electrons. The maximum atomic E-state index is 13.2. The number of aromatic nitrogens is 2. The lowest BCUT2D eigenvalue weighted by Crippen LogP contribution is -2.45. The molecule has 1 aromatic carbocycles. The SMILES string of the molecule is CCn1ccnc1C(=O)NCc1cc(C(F)(F)F)ccc1N1CCN(C)CC1. The third kappa shape index (κ3) is 4.46. The Morgan fingerprint density at radius 2 is 1.93 bits per heavy atom. The minimum atomic E-state index is -4.43. The third-order valence-corrected chi connectivity index (χ3v) is 4.95. The fraction of sp³-hybridized carbons (Fsp3) is 0.474. The van der Waals surface area contributed by atoms with E-state index in [0.717, 1.165) is 44.0 Å². The number of halogens is 3. The van der Waals surface area contributed by atoms with Gasteiger partial charge >= 0.3 is 6.18 Å². The molecule has 1 aliphatic rings. The van der Waals surface area contributed by atoms with Crippen LogP contribution in [-0.4, -0.2) is 53.6 Å². The molecule has 28 heavy (non-hydrogen) atoms. The van der Waals surface area contributed by atoms with Crippen LogP contribution in [0.5, 0.6) is 0 Å². The van der Waals surface area contributed by atoms with Crippen molar-refractivity contribution in [2.75, 3.05) is 38.1 Å². The average molecular weight is 395 g/mol. The number of piperazine rings is 1. The summed E-state index contributed by atoms with van der Waals surface area (Å²) in [7, 11) is 2.01. The number of carbonyl (C=O) groups excluding carboxylic acids is 1. The zero-order chi connectivity index (χ0) is 20.3. The topological polar surface area (TPSA) is 53.4 Å².